The topological polar surface area (TPSA) is 121 Å². The molecule has 0 saturated carbocycles. The Morgan fingerprint density at radius 2 is 1.14 bits per heavy atom. The molecule has 0 amide bonds. The fourth-order valence-electron chi connectivity index (χ4n) is 3.96. The van der Waals surface area contributed by atoms with Crippen molar-refractivity contribution in [1.82, 2.24) is 0 Å². The molecule has 0 spiro atoms. The van der Waals surface area contributed by atoms with Gasteiger partial charge in [0.15, 0.2) is 18.1 Å². The molecule has 3 aromatic carbocycles. The Balaban J connectivity index is 2.31. The molecule has 3 N–H and O–H groups in total. The summed E-state index contributed by atoms with van der Waals surface area (Å²) >= 11 is 0. The summed E-state index contributed by atoms with van der Waals surface area (Å²) in [5, 5.41) is 30.8. The van der Waals surface area contributed by atoms with Gasteiger partial charge in [-0.05, 0) is 52.8 Å². The largest absolute Gasteiger partial charge is 0.504 e. The van der Waals surface area contributed by atoms with Crippen molar-refractivity contribution in [3.63, 3.8) is 0 Å². The lowest BCUT2D eigenvalue weighted by Crippen LogP contribution is -2.10. The average Bonchev–Trinajstić information content (AvgIpc) is 3.07. The lowest BCUT2D eigenvalue weighted by molar-refractivity contribution is -0.139. The van der Waals surface area contributed by atoms with Crippen molar-refractivity contribution >= 4 is 5.97 Å². The van der Waals surface area contributed by atoms with Crippen molar-refractivity contribution in [3.05, 3.63) is 109 Å². The van der Waals surface area contributed by atoms with Crippen LogP contribution in [-0.2, 0) is 4.79 Å². The molecule has 0 aliphatic heterocycles. The van der Waals surface area contributed by atoms with E-state index >= 15 is 0 Å². The Kier molecular flexibility index (Phi) is 8.14. The highest BCUT2D eigenvalue weighted by molar-refractivity contribution is 5.68. The Bertz CT molecular complexity index is 1300. The molecule has 0 unspecified atom stereocenters. The molecule has 0 aromatic heterocycles. The number of carbonyl (C=O) groups is 1. The molecule has 0 saturated heterocycles. The Labute approximate surface area is 209 Å². The van der Waals surface area contributed by atoms with Crippen LogP contribution < -0.4 is 15.6 Å². The van der Waals surface area contributed by atoms with Gasteiger partial charge in [-0.2, -0.15) is 0 Å². The van der Waals surface area contributed by atoms with E-state index < -0.39 is 40.9 Å². The lowest BCUT2D eigenvalue weighted by atomic mass is 9.85. The quantitative estimate of drug-likeness (QED) is 0.418. The molecule has 0 bridgehead atoms. The normalized spacial score (nSPS) is 11.2. The standard InChI is InChI=1S/C29H30O7/c1-16(2)19-7-11-22(28(34)24(30)13-19)27(18-5-9-21(10-6-18)36-15-26(32)33)23-12-8-20(17(3)4)14-25(31)29(23)35/h5-14,16-17,27H,15H2,1-4H3,(H,30,34)(H,31,35)(H,32,33). The zero-order valence-corrected chi connectivity index (χ0v) is 20.7. The Morgan fingerprint density at radius 3 is 1.53 bits per heavy atom. The summed E-state index contributed by atoms with van der Waals surface area (Å²) in [5.74, 6) is -2.59. The number of ether oxygens (including phenoxy) is 1. The first-order chi connectivity index (χ1) is 17.0. The molecule has 7 heteroatoms. The molecule has 0 fully saturated rings. The van der Waals surface area contributed by atoms with Crippen molar-refractivity contribution < 1.29 is 24.9 Å². The van der Waals surface area contributed by atoms with Crippen molar-refractivity contribution in [2.45, 2.75) is 45.4 Å². The zero-order chi connectivity index (χ0) is 26.6. The first-order valence-electron chi connectivity index (χ1n) is 11.7. The molecule has 36 heavy (non-hydrogen) atoms. The average molecular weight is 491 g/mol. The maximum atomic E-state index is 12.8. The molecular formula is C29H30O7. The molecule has 0 atom stereocenters. The van der Waals surface area contributed by atoms with Crippen LogP contribution in [0, 0.1) is 0 Å². The summed E-state index contributed by atoms with van der Waals surface area (Å²) in [4.78, 5) is 36.5. The van der Waals surface area contributed by atoms with E-state index in [0.717, 1.165) is 11.1 Å². The molecule has 7 nitrogen and oxygen atoms in total. The van der Waals surface area contributed by atoms with Crippen molar-refractivity contribution in [3.8, 4) is 17.2 Å². The number of aromatic hydroxyl groups is 2. The monoisotopic (exact) mass is 490 g/mol. The smallest absolute Gasteiger partial charge is 0.341 e. The highest BCUT2D eigenvalue weighted by Crippen LogP contribution is 2.39. The number of benzene rings is 1. The predicted octanol–water partition coefficient (Wildman–Crippen LogP) is 4.71. The van der Waals surface area contributed by atoms with E-state index in [0.29, 0.717) is 11.3 Å². The summed E-state index contributed by atoms with van der Waals surface area (Å²) in [6.07, 6.45) is 0. The summed E-state index contributed by atoms with van der Waals surface area (Å²) < 4.78 is 5.22. The molecule has 0 aliphatic rings. The third kappa shape index (κ3) is 5.92. The Morgan fingerprint density at radius 1 is 0.722 bits per heavy atom. The SMILES string of the molecule is CC(C)c1ccc(C(c2ccc(OCC(=O)O)cc2)c2ccc(C(C)C)cc(=O)c2O)c(O)c(=O)c1. The van der Waals surface area contributed by atoms with E-state index in [9.17, 15) is 24.6 Å². The summed E-state index contributed by atoms with van der Waals surface area (Å²) in [7, 11) is 0. The number of aliphatic carboxylic acids is 1. The van der Waals surface area contributed by atoms with Gasteiger partial charge in [0.2, 0.25) is 10.9 Å². The van der Waals surface area contributed by atoms with Crippen LogP contribution in [0.25, 0.3) is 0 Å². The van der Waals surface area contributed by atoms with Crippen LogP contribution in [0.5, 0.6) is 17.2 Å². The first-order valence-corrected chi connectivity index (χ1v) is 11.7. The molecular weight excluding hydrogens is 460 g/mol. The Hall–Kier alpha value is -4.13. The van der Waals surface area contributed by atoms with E-state index in [4.69, 9.17) is 9.84 Å². The third-order valence-electron chi connectivity index (χ3n) is 6.05. The van der Waals surface area contributed by atoms with Crippen molar-refractivity contribution in [2.24, 2.45) is 0 Å². The van der Waals surface area contributed by atoms with E-state index in [1.807, 2.05) is 27.7 Å². The number of hydrogen-bond acceptors (Lipinski definition) is 6. The molecule has 0 radical (unpaired) electrons. The van der Waals surface area contributed by atoms with Gasteiger partial charge in [-0.15, -0.1) is 0 Å². The summed E-state index contributed by atoms with van der Waals surface area (Å²) in [6.45, 7) is 7.21. The second-order valence-electron chi connectivity index (χ2n) is 9.29. The van der Waals surface area contributed by atoms with Crippen LogP contribution in [0.4, 0.5) is 0 Å². The number of rotatable bonds is 8. The van der Waals surface area contributed by atoms with Crippen LogP contribution in [0.2, 0.25) is 0 Å². The van der Waals surface area contributed by atoms with Crippen molar-refractivity contribution in [1.29, 1.82) is 0 Å². The van der Waals surface area contributed by atoms with Crippen LogP contribution in [0.15, 0.2) is 70.3 Å². The molecule has 3 aromatic rings. The van der Waals surface area contributed by atoms with Gasteiger partial charge < -0.3 is 20.1 Å². The minimum Gasteiger partial charge on any atom is -0.504 e. The van der Waals surface area contributed by atoms with Crippen LogP contribution in [-0.4, -0.2) is 27.9 Å². The number of carboxylic acids is 1. The van der Waals surface area contributed by atoms with Gasteiger partial charge in [0, 0.05) is 17.0 Å². The third-order valence-corrected chi connectivity index (χ3v) is 6.05. The lowest BCUT2D eigenvalue weighted by Gasteiger charge is -2.19. The minimum absolute atomic E-state index is 0.0336. The van der Waals surface area contributed by atoms with E-state index in [1.54, 1.807) is 48.5 Å². The fraction of sp³-hybridized carbons (Fsp3) is 0.276. The molecule has 3 rings (SSSR count). The second kappa shape index (κ2) is 11.1. The van der Waals surface area contributed by atoms with Gasteiger partial charge in [-0.1, -0.05) is 64.1 Å². The number of carboxylic acid groups (broad SMARTS) is 1. The first kappa shape index (κ1) is 26.5. The van der Waals surface area contributed by atoms with E-state index in [-0.39, 0.29) is 23.0 Å². The van der Waals surface area contributed by atoms with Gasteiger partial charge in [-0.25, -0.2) is 4.79 Å². The fourth-order valence-corrected chi connectivity index (χ4v) is 3.96. The molecule has 0 aliphatic carbocycles. The van der Waals surface area contributed by atoms with Gasteiger partial charge >= 0.3 is 5.97 Å². The van der Waals surface area contributed by atoms with Gasteiger partial charge in [0.1, 0.15) is 5.75 Å². The maximum absolute atomic E-state index is 12.8. The zero-order valence-electron chi connectivity index (χ0n) is 20.7. The summed E-state index contributed by atoms with van der Waals surface area (Å²) in [5.41, 5.74) is 1.30. The number of hydrogen-bond donors (Lipinski definition) is 3. The van der Waals surface area contributed by atoms with E-state index in [1.165, 1.54) is 12.1 Å². The summed E-state index contributed by atoms with van der Waals surface area (Å²) in [6, 6.07) is 15.9. The van der Waals surface area contributed by atoms with Crippen LogP contribution >= 0.6 is 0 Å². The van der Waals surface area contributed by atoms with Gasteiger partial charge in [-0.3, -0.25) is 9.59 Å². The minimum atomic E-state index is -1.12. The predicted molar refractivity (Wildman–Crippen MR) is 137 cm³/mol. The highest BCUT2D eigenvalue weighted by Gasteiger charge is 2.25. The van der Waals surface area contributed by atoms with Crippen LogP contribution in [0.1, 0.15) is 73.3 Å². The van der Waals surface area contributed by atoms with E-state index in [2.05, 4.69) is 0 Å². The van der Waals surface area contributed by atoms with Crippen molar-refractivity contribution in [2.75, 3.05) is 6.61 Å². The van der Waals surface area contributed by atoms with Gasteiger partial charge in [0.05, 0.1) is 0 Å². The molecule has 0 heterocycles. The maximum Gasteiger partial charge on any atom is 0.341 e. The molecule has 188 valence electrons. The highest BCUT2D eigenvalue weighted by atomic mass is 16.5. The second-order valence-corrected chi connectivity index (χ2v) is 9.29. The van der Waals surface area contributed by atoms with Crippen LogP contribution in [0.3, 0.4) is 0 Å². The van der Waals surface area contributed by atoms with Gasteiger partial charge in [0.25, 0.3) is 0 Å².